The molecule has 0 saturated carbocycles. The second-order valence-electron chi connectivity index (χ2n) is 19.4. The van der Waals surface area contributed by atoms with Gasteiger partial charge in [-0.2, -0.15) is 4.98 Å². The van der Waals surface area contributed by atoms with Gasteiger partial charge in [-0.1, -0.05) is 94.1 Å². The molecule has 3 aromatic carbocycles. The lowest BCUT2D eigenvalue weighted by Gasteiger charge is -2.39. The molecule has 2 fully saturated rings. The minimum absolute atomic E-state index is 0.0277. The van der Waals surface area contributed by atoms with Gasteiger partial charge in [0.15, 0.2) is 8.32 Å². The van der Waals surface area contributed by atoms with Crippen LogP contribution in [0.15, 0.2) is 137 Å². The van der Waals surface area contributed by atoms with Crippen LogP contribution in [0.3, 0.4) is 0 Å². The van der Waals surface area contributed by atoms with E-state index < -0.39 is 80.5 Å². The third kappa shape index (κ3) is 13.4. The summed E-state index contributed by atoms with van der Waals surface area (Å²) in [6.45, 7) is 15.3. The van der Waals surface area contributed by atoms with Crippen LogP contribution in [-0.2, 0) is 54.4 Å². The number of carbonyl (C=O) groups is 1. The molecule has 0 aliphatic carbocycles. The van der Waals surface area contributed by atoms with E-state index in [0.29, 0.717) is 17.1 Å². The van der Waals surface area contributed by atoms with E-state index in [2.05, 4.69) is 62.3 Å². The molecule has 4 heterocycles. The number of hydrogen-bond donors (Lipinski definition) is 2. The molecule has 2 aromatic heterocycles. The van der Waals surface area contributed by atoms with E-state index in [1.54, 1.807) is 21.1 Å². The van der Waals surface area contributed by atoms with Crippen LogP contribution in [0.2, 0.25) is 18.1 Å². The van der Waals surface area contributed by atoms with E-state index in [9.17, 15) is 19.2 Å². The first kappa shape index (κ1) is 56.9. The maximum atomic E-state index is 13.8. The fourth-order valence-electron chi connectivity index (χ4n) is 8.46. The topological polar surface area (TPSA) is 211 Å². The molecule has 2 aliphatic rings. The van der Waals surface area contributed by atoms with Crippen LogP contribution in [0.5, 0.6) is 11.5 Å². The van der Waals surface area contributed by atoms with Crippen molar-refractivity contribution in [2.24, 2.45) is 0 Å². The Bertz CT molecular complexity index is 2950. The summed E-state index contributed by atoms with van der Waals surface area (Å²) in [6, 6.07) is 26.3. The standard InChI is InChI=1S/C53H66N5O14PSSi/c1-11-28-65-51(62)55-45-26-27-57(49(60)54-45)46-30-41(43(69-46)33-66-53(36-16-14-13-15-17-36,37-18-22-39(63-7)23-19-37)38-20-24-40(64-8)25-21-38)71-73(74,67-29-12-2)68-34-44-42(72-75(9,10)52(4,5)6)31-47(70-44)58-32-35(3)48(59)56-50(58)61/h11-27,32,41-44,46-47H,1-2,28-31,33-34H2,3-10H3,(H,56,59,61)(H,54,55,60,62)/t41-,42-,43+,44+,46+,47+,73?/m0/s1. The molecule has 0 bridgehead atoms. The number of ether oxygens (including phenoxy) is 6. The highest BCUT2D eigenvalue weighted by atomic mass is 32.5. The van der Waals surface area contributed by atoms with E-state index in [0.717, 1.165) is 16.7 Å². The van der Waals surface area contributed by atoms with Crippen LogP contribution in [0, 0.1) is 6.92 Å². The van der Waals surface area contributed by atoms with Crippen molar-refractivity contribution in [3.05, 3.63) is 176 Å². The average Bonchev–Trinajstić information content (AvgIpc) is 3.98. The zero-order valence-corrected chi connectivity index (χ0v) is 46.1. The second kappa shape index (κ2) is 24.4. The zero-order chi connectivity index (χ0) is 54.1. The lowest BCUT2D eigenvalue weighted by molar-refractivity contribution is -0.0940. The summed E-state index contributed by atoms with van der Waals surface area (Å²) in [7, 11) is 0.730. The van der Waals surface area contributed by atoms with Gasteiger partial charge in [-0.3, -0.25) is 24.2 Å². The molecule has 0 spiro atoms. The van der Waals surface area contributed by atoms with E-state index in [1.165, 1.54) is 39.7 Å². The Morgan fingerprint density at radius 1 is 0.827 bits per heavy atom. The van der Waals surface area contributed by atoms with Gasteiger partial charge in [0.25, 0.3) is 5.56 Å². The molecule has 7 rings (SSSR count). The number of carbonyl (C=O) groups excluding carboxylic acids is 1. The highest BCUT2D eigenvalue weighted by Gasteiger charge is 2.48. The number of nitrogens with zero attached hydrogens (tertiary/aromatic N) is 3. The van der Waals surface area contributed by atoms with Crippen LogP contribution >= 0.6 is 6.72 Å². The third-order valence-corrected chi connectivity index (χ3v) is 20.3. The van der Waals surface area contributed by atoms with Crippen LogP contribution in [0.25, 0.3) is 0 Å². The zero-order valence-electron chi connectivity index (χ0n) is 43.4. The summed E-state index contributed by atoms with van der Waals surface area (Å²) in [4.78, 5) is 58.1. The molecule has 1 amide bonds. The lowest BCUT2D eigenvalue weighted by atomic mass is 9.80. The van der Waals surface area contributed by atoms with E-state index >= 15 is 0 Å². The Labute approximate surface area is 442 Å². The van der Waals surface area contributed by atoms with E-state index in [-0.39, 0.29) is 50.1 Å². The molecule has 402 valence electrons. The molecule has 19 nitrogen and oxygen atoms in total. The predicted molar refractivity (Wildman–Crippen MR) is 288 cm³/mol. The number of hydrogen-bond acceptors (Lipinski definition) is 16. The number of H-pyrrole nitrogens is 1. The number of aryl methyl sites for hydroxylation is 1. The summed E-state index contributed by atoms with van der Waals surface area (Å²) in [5.41, 5.74) is -0.512. The Morgan fingerprint density at radius 2 is 1.40 bits per heavy atom. The average molecular weight is 1090 g/mol. The van der Waals surface area contributed by atoms with Crippen molar-refractivity contribution in [2.75, 3.05) is 46.0 Å². The molecule has 1 unspecified atom stereocenters. The maximum absolute atomic E-state index is 13.8. The molecule has 0 radical (unpaired) electrons. The van der Waals surface area contributed by atoms with Crippen molar-refractivity contribution in [1.29, 1.82) is 0 Å². The normalized spacial score (nSPS) is 20.7. The highest BCUT2D eigenvalue weighted by molar-refractivity contribution is 8.07. The second-order valence-corrected chi connectivity index (χ2v) is 27.1. The van der Waals surface area contributed by atoms with Crippen LogP contribution < -0.4 is 31.7 Å². The highest BCUT2D eigenvalue weighted by Crippen LogP contribution is 2.55. The number of aromatic nitrogens is 4. The van der Waals surface area contributed by atoms with Crippen LogP contribution in [-0.4, -0.2) is 98.6 Å². The van der Waals surface area contributed by atoms with Gasteiger partial charge in [0.05, 0.1) is 46.2 Å². The maximum Gasteiger partial charge on any atom is 0.413 e. The van der Waals surface area contributed by atoms with Gasteiger partial charge in [0.2, 0.25) is 0 Å². The first-order valence-electron chi connectivity index (χ1n) is 24.3. The summed E-state index contributed by atoms with van der Waals surface area (Å²) in [6.07, 6.45) is 0.239. The molecule has 2 saturated heterocycles. The Hall–Kier alpha value is -5.84. The molecule has 5 aromatic rings. The van der Waals surface area contributed by atoms with Crippen molar-refractivity contribution in [3.8, 4) is 11.5 Å². The number of rotatable bonds is 23. The van der Waals surface area contributed by atoms with Crippen molar-refractivity contribution in [1.82, 2.24) is 19.1 Å². The number of nitrogens with one attached hydrogen (secondary N) is 2. The summed E-state index contributed by atoms with van der Waals surface area (Å²) >= 11 is 6.23. The largest absolute Gasteiger partial charge is 0.497 e. The van der Waals surface area contributed by atoms with Gasteiger partial charge >= 0.3 is 24.2 Å². The summed E-state index contributed by atoms with van der Waals surface area (Å²) < 4.78 is 66.1. The number of anilines is 1. The van der Waals surface area contributed by atoms with Crippen molar-refractivity contribution < 1.29 is 51.2 Å². The lowest BCUT2D eigenvalue weighted by Crippen LogP contribution is -2.46. The molecule has 75 heavy (non-hydrogen) atoms. The number of aromatic amines is 1. The Morgan fingerprint density at radius 3 is 1.97 bits per heavy atom. The molecular formula is C53H66N5O14PSSi. The van der Waals surface area contributed by atoms with Crippen LogP contribution in [0.1, 0.15) is 68.3 Å². The van der Waals surface area contributed by atoms with Gasteiger partial charge in [-0.15, -0.1) is 6.58 Å². The first-order valence-corrected chi connectivity index (χ1v) is 29.8. The smallest absolute Gasteiger partial charge is 0.413 e. The fraction of sp³-hybridized carbons (Fsp3) is 0.415. The van der Waals surface area contributed by atoms with Gasteiger partial charge < -0.3 is 46.4 Å². The minimum atomic E-state index is -3.83. The molecule has 22 heteroatoms. The van der Waals surface area contributed by atoms with Crippen LogP contribution in [0.4, 0.5) is 10.6 Å². The third-order valence-electron chi connectivity index (χ3n) is 13.4. The SMILES string of the molecule is C=CCOC(=O)Nc1ccn([C@H]2C[C@H](OP(=S)(OCC=C)OC[C@H]3O[C@@H](n4cc(C)c(=O)[nH]c4=O)C[C@@H]3O[Si](C)(C)C(C)(C)C)[C@@H](COC(c3ccccc3)(c3ccc(OC)cc3)c3ccc(OC)cc3)O2)c(=O)n1. The van der Waals surface area contributed by atoms with Gasteiger partial charge in [-0.05, 0) is 83.9 Å². The first-order chi connectivity index (χ1) is 35.7. The number of amides is 1. The van der Waals surface area contributed by atoms with Crippen molar-refractivity contribution in [2.45, 2.75) is 101 Å². The van der Waals surface area contributed by atoms with E-state index in [4.69, 9.17) is 58.2 Å². The van der Waals surface area contributed by atoms with Gasteiger partial charge in [0, 0.05) is 30.8 Å². The van der Waals surface area contributed by atoms with Gasteiger partial charge in [0.1, 0.15) is 54.2 Å². The minimum Gasteiger partial charge on any atom is -0.497 e. The Balaban J connectivity index is 1.25. The molecular weight excluding hydrogens is 1020 g/mol. The number of methoxy groups -OCH3 is 2. The predicted octanol–water partition coefficient (Wildman–Crippen LogP) is 8.66. The monoisotopic (exact) mass is 1090 g/mol. The number of benzene rings is 3. The van der Waals surface area contributed by atoms with E-state index in [1.807, 2.05) is 78.9 Å². The molecule has 2 aliphatic heterocycles. The molecule has 7 atom stereocenters. The summed E-state index contributed by atoms with van der Waals surface area (Å²) in [5, 5.41) is 2.26. The fourth-order valence-corrected chi connectivity index (χ4v) is 11.9. The quantitative estimate of drug-likeness (QED) is 0.0271. The van der Waals surface area contributed by atoms with Crippen molar-refractivity contribution in [3.63, 3.8) is 0 Å². The van der Waals surface area contributed by atoms with Crippen molar-refractivity contribution >= 4 is 38.8 Å². The molecule has 2 N–H and O–H groups in total. The van der Waals surface area contributed by atoms with Gasteiger partial charge in [-0.25, -0.2) is 14.4 Å². The Kier molecular flexibility index (Phi) is 18.5. The summed E-state index contributed by atoms with van der Waals surface area (Å²) in [5.74, 6) is 1.24.